The van der Waals surface area contributed by atoms with E-state index in [0.717, 1.165) is 19.3 Å². The second kappa shape index (κ2) is 5.95. The zero-order valence-electron chi connectivity index (χ0n) is 12.8. The Bertz CT molecular complexity index is 486. The number of rotatable bonds is 2. The lowest BCUT2D eigenvalue weighted by molar-refractivity contribution is -0.0260. The Morgan fingerprint density at radius 2 is 1.76 bits per heavy atom. The van der Waals surface area contributed by atoms with Gasteiger partial charge in [-0.2, -0.15) is 0 Å². The van der Waals surface area contributed by atoms with Crippen LogP contribution in [0.3, 0.4) is 0 Å². The number of fused-ring (bicyclic) bond motifs is 2. The van der Waals surface area contributed by atoms with Crippen molar-refractivity contribution in [2.24, 2.45) is 5.92 Å². The first-order valence-electron chi connectivity index (χ1n) is 7.49. The van der Waals surface area contributed by atoms with Gasteiger partial charge in [-0.1, -0.05) is 0 Å². The molecule has 0 N–H and O–H groups in total. The maximum Gasteiger partial charge on any atom is 0.410 e. The first-order chi connectivity index (χ1) is 9.55. The van der Waals surface area contributed by atoms with Crippen LogP contribution in [-0.4, -0.2) is 42.8 Å². The summed E-state index contributed by atoms with van der Waals surface area (Å²) in [5.41, 5.74) is -0.512. The van der Waals surface area contributed by atoms with Gasteiger partial charge in [0.05, 0.1) is 5.75 Å². The van der Waals surface area contributed by atoms with Crippen molar-refractivity contribution in [2.75, 3.05) is 5.75 Å². The highest BCUT2D eigenvalue weighted by atomic mass is 35.7. The van der Waals surface area contributed by atoms with Crippen molar-refractivity contribution in [1.29, 1.82) is 0 Å². The highest BCUT2D eigenvalue weighted by Crippen LogP contribution is 2.38. The fourth-order valence-corrected chi connectivity index (χ4v) is 4.89. The molecule has 2 atom stereocenters. The normalized spacial score (nSPS) is 30.1. The summed E-state index contributed by atoms with van der Waals surface area (Å²) in [6.45, 7) is 5.56. The Morgan fingerprint density at radius 3 is 2.19 bits per heavy atom. The van der Waals surface area contributed by atoms with Crippen molar-refractivity contribution in [3.63, 3.8) is 0 Å². The van der Waals surface area contributed by atoms with E-state index in [2.05, 4.69) is 0 Å². The van der Waals surface area contributed by atoms with Gasteiger partial charge < -0.3 is 9.64 Å². The van der Waals surface area contributed by atoms with Gasteiger partial charge in [-0.05, 0) is 58.8 Å². The molecule has 2 heterocycles. The third kappa shape index (κ3) is 4.74. The minimum atomic E-state index is -3.48. The maximum absolute atomic E-state index is 12.4. The first-order valence-corrected chi connectivity index (χ1v) is 9.96. The van der Waals surface area contributed by atoms with E-state index in [0.29, 0.717) is 12.8 Å². The predicted molar refractivity (Wildman–Crippen MR) is 81.9 cm³/mol. The highest BCUT2D eigenvalue weighted by molar-refractivity contribution is 8.13. The molecule has 2 aliphatic heterocycles. The number of hydrogen-bond acceptors (Lipinski definition) is 4. The van der Waals surface area contributed by atoms with E-state index < -0.39 is 14.7 Å². The molecule has 2 bridgehead atoms. The largest absolute Gasteiger partial charge is 0.444 e. The predicted octanol–water partition coefficient (Wildman–Crippen LogP) is 3.12. The van der Waals surface area contributed by atoms with E-state index in [1.807, 2.05) is 25.7 Å². The first kappa shape index (κ1) is 16.9. The van der Waals surface area contributed by atoms with Crippen molar-refractivity contribution < 1.29 is 17.9 Å². The van der Waals surface area contributed by atoms with Crippen LogP contribution in [0, 0.1) is 5.92 Å². The lowest BCUT2D eigenvalue weighted by atomic mass is 9.79. The number of nitrogens with zero attached hydrogens (tertiary/aromatic N) is 1. The molecular weight excluding hydrogens is 314 g/mol. The Kier molecular flexibility index (Phi) is 4.78. The second-order valence-corrected chi connectivity index (χ2v) is 9.99. The molecular formula is C14H24ClNO4S. The van der Waals surface area contributed by atoms with Gasteiger partial charge in [0.25, 0.3) is 0 Å². The molecule has 2 aliphatic rings. The van der Waals surface area contributed by atoms with Gasteiger partial charge in [0.1, 0.15) is 5.60 Å². The summed E-state index contributed by atoms with van der Waals surface area (Å²) in [7, 11) is 1.89. The minimum Gasteiger partial charge on any atom is -0.444 e. The van der Waals surface area contributed by atoms with Crippen LogP contribution < -0.4 is 0 Å². The summed E-state index contributed by atoms with van der Waals surface area (Å²) in [5, 5.41) is 0. The molecule has 0 aliphatic carbocycles. The molecule has 2 rings (SSSR count). The molecule has 0 radical (unpaired) electrons. The Labute approximate surface area is 131 Å². The Morgan fingerprint density at radius 1 is 1.24 bits per heavy atom. The van der Waals surface area contributed by atoms with Crippen molar-refractivity contribution in [1.82, 2.24) is 4.90 Å². The quantitative estimate of drug-likeness (QED) is 0.726. The van der Waals surface area contributed by atoms with Crippen LogP contribution in [0.4, 0.5) is 4.79 Å². The van der Waals surface area contributed by atoms with E-state index in [-0.39, 0.29) is 29.8 Å². The summed E-state index contributed by atoms with van der Waals surface area (Å²) in [4.78, 5) is 14.2. The molecule has 2 unspecified atom stereocenters. The van der Waals surface area contributed by atoms with E-state index in [1.54, 1.807) is 0 Å². The molecule has 0 aromatic carbocycles. The molecule has 2 saturated heterocycles. The van der Waals surface area contributed by atoms with E-state index >= 15 is 0 Å². The zero-order chi connectivity index (χ0) is 15.8. The molecule has 0 aromatic rings. The van der Waals surface area contributed by atoms with Gasteiger partial charge >= 0.3 is 6.09 Å². The third-order valence-electron chi connectivity index (χ3n) is 4.11. The molecule has 0 aromatic heterocycles. The van der Waals surface area contributed by atoms with Crippen LogP contribution in [-0.2, 0) is 13.8 Å². The van der Waals surface area contributed by atoms with Gasteiger partial charge in [0.2, 0.25) is 9.05 Å². The van der Waals surface area contributed by atoms with Crippen LogP contribution in [0.15, 0.2) is 0 Å². The average molecular weight is 338 g/mol. The lowest BCUT2D eigenvalue weighted by Gasteiger charge is -2.48. The van der Waals surface area contributed by atoms with Crippen molar-refractivity contribution in [3.05, 3.63) is 0 Å². The molecule has 0 saturated carbocycles. The summed E-state index contributed by atoms with van der Waals surface area (Å²) in [6.07, 6.45) is 4.02. The van der Waals surface area contributed by atoms with Gasteiger partial charge in [-0.25, -0.2) is 13.2 Å². The number of piperidine rings is 2. The summed E-state index contributed by atoms with van der Waals surface area (Å²) in [5.74, 6) is 0.0467. The summed E-state index contributed by atoms with van der Waals surface area (Å²) in [6, 6.07) is 0.159. The molecule has 2 fully saturated rings. The monoisotopic (exact) mass is 337 g/mol. The van der Waals surface area contributed by atoms with Gasteiger partial charge in [0, 0.05) is 22.8 Å². The SMILES string of the molecule is CC(C)(C)OC(=O)N1C2CCCC1CC(CS(=O)(=O)Cl)C2. The summed E-state index contributed by atoms with van der Waals surface area (Å²) >= 11 is 0. The lowest BCUT2D eigenvalue weighted by Crippen LogP contribution is -2.56. The van der Waals surface area contributed by atoms with E-state index in [9.17, 15) is 13.2 Å². The average Bonchev–Trinajstić information content (AvgIpc) is 2.22. The molecule has 21 heavy (non-hydrogen) atoms. The Hall–Kier alpha value is -0.490. The van der Waals surface area contributed by atoms with Crippen LogP contribution in [0.2, 0.25) is 0 Å². The van der Waals surface area contributed by atoms with Crippen LogP contribution in [0.1, 0.15) is 52.9 Å². The number of ether oxygens (including phenoxy) is 1. The zero-order valence-corrected chi connectivity index (χ0v) is 14.4. The number of halogens is 1. The van der Waals surface area contributed by atoms with Crippen LogP contribution in [0.5, 0.6) is 0 Å². The van der Waals surface area contributed by atoms with Crippen molar-refractivity contribution >= 4 is 25.8 Å². The second-order valence-electron chi connectivity index (χ2n) is 7.17. The maximum atomic E-state index is 12.4. The standard InChI is InChI=1S/C14H24ClNO4S/c1-14(2,3)20-13(17)16-11-5-4-6-12(16)8-10(7-11)9-21(15,18)19/h10-12H,4-9H2,1-3H3. The third-order valence-corrected chi connectivity index (χ3v) is 5.36. The van der Waals surface area contributed by atoms with Crippen LogP contribution >= 0.6 is 10.7 Å². The Balaban J connectivity index is 2.07. The van der Waals surface area contributed by atoms with Gasteiger partial charge in [0.15, 0.2) is 0 Å². The fraction of sp³-hybridized carbons (Fsp3) is 0.929. The molecule has 0 spiro atoms. The van der Waals surface area contributed by atoms with Crippen molar-refractivity contribution in [2.45, 2.75) is 70.6 Å². The molecule has 7 heteroatoms. The highest BCUT2D eigenvalue weighted by Gasteiger charge is 2.43. The number of carbonyl (C=O) groups excluding carboxylic acids is 1. The number of hydrogen-bond donors (Lipinski definition) is 0. The fourth-order valence-electron chi connectivity index (χ4n) is 3.52. The van der Waals surface area contributed by atoms with Gasteiger partial charge in [-0.15, -0.1) is 0 Å². The van der Waals surface area contributed by atoms with Crippen LogP contribution in [0.25, 0.3) is 0 Å². The minimum absolute atomic E-state index is 0.00368. The van der Waals surface area contributed by atoms with E-state index in [1.165, 1.54) is 0 Å². The van der Waals surface area contributed by atoms with Crippen molar-refractivity contribution in [3.8, 4) is 0 Å². The topological polar surface area (TPSA) is 63.7 Å². The van der Waals surface area contributed by atoms with Gasteiger partial charge in [-0.3, -0.25) is 0 Å². The number of carbonyl (C=O) groups is 1. The smallest absolute Gasteiger partial charge is 0.410 e. The summed E-state index contributed by atoms with van der Waals surface area (Å²) < 4.78 is 28.1. The molecule has 5 nitrogen and oxygen atoms in total. The molecule has 1 amide bonds. The molecule has 122 valence electrons. The number of amides is 1. The van der Waals surface area contributed by atoms with E-state index in [4.69, 9.17) is 15.4 Å².